The van der Waals surface area contributed by atoms with E-state index in [1.54, 1.807) is 37.3 Å². The van der Waals surface area contributed by atoms with Crippen molar-refractivity contribution in [1.29, 1.82) is 0 Å². The molecule has 0 spiro atoms. The first-order valence-corrected chi connectivity index (χ1v) is 11.5. The van der Waals surface area contributed by atoms with Gasteiger partial charge in [-0.2, -0.15) is 5.10 Å². The van der Waals surface area contributed by atoms with Gasteiger partial charge >= 0.3 is 11.8 Å². The molecule has 192 valence electrons. The molecule has 0 aliphatic carbocycles. The van der Waals surface area contributed by atoms with Gasteiger partial charge in [-0.15, -0.1) is 0 Å². The van der Waals surface area contributed by atoms with Crippen LogP contribution in [-0.4, -0.2) is 37.1 Å². The summed E-state index contributed by atoms with van der Waals surface area (Å²) in [6.45, 7) is 1.79. The summed E-state index contributed by atoms with van der Waals surface area (Å²) in [6, 6.07) is 14.4. The largest absolute Gasteiger partial charge is 0.490 e. The summed E-state index contributed by atoms with van der Waals surface area (Å²) in [7, 11) is 0. The summed E-state index contributed by atoms with van der Waals surface area (Å²) < 4.78 is 24.1. The molecule has 0 aliphatic rings. The van der Waals surface area contributed by atoms with E-state index in [1.165, 1.54) is 24.4 Å². The van der Waals surface area contributed by atoms with Crippen molar-refractivity contribution < 1.29 is 28.2 Å². The molecule has 9 nitrogen and oxygen atoms in total. The van der Waals surface area contributed by atoms with E-state index < -0.39 is 23.5 Å². The number of ether oxygens (including phenoxy) is 2. The molecule has 3 aromatic rings. The monoisotopic (exact) mass is 546 g/mol. The van der Waals surface area contributed by atoms with Gasteiger partial charge in [0.05, 0.1) is 23.5 Å². The molecule has 0 radical (unpaired) electrons. The molecule has 0 atom stereocenters. The molecular weight excluding hydrogens is 526 g/mol. The Kier molecular flexibility index (Phi) is 9.82. The molecule has 3 amide bonds. The second kappa shape index (κ2) is 13.2. The van der Waals surface area contributed by atoms with Crippen LogP contribution in [0.15, 0.2) is 65.8 Å². The lowest BCUT2D eigenvalue weighted by Crippen LogP contribution is -2.32. The molecule has 0 aliphatic heterocycles. The van der Waals surface area contributed by atoms with Crippen molar-refractivity contribution in [2.45, 2.75) is 6.92 Å². The standard InChI is InChI=1S/C25H21Cl2FN4O5/c1-2-36-22-11-15(13-29-32-25(35)24(34)30-18-7-5-17(28)6-8-18)3-10-21(22)37-14-23(33)31-20-9-4-16(26)12-19(20)27/h3-13H,2,14H2,1H3,(H,30,34)(H,31,33)(H,32,35)/b29-13-. The number of nitrogens with zero attached hydrogens (tertiary/aromatic N) is 1. The Hall–Kier alpha value is -4.15. The molecule has 0 bridgehead atoms. The number of hydrogen-bond acceptors (Lipinski definition) is 6. The lowest BCUT2D eigenvalue weighted by atomic mass is 10.2. The number of anilines is 2. The zero-order chi connectivity index (χ0) is 26.8. The summed E-state index contributed by atoms with van der Waals surface area (Å²) in [5.41, 5.74) is 3.27. The Morgan fingerprint density at radius 2 is 1.68 bits per heavy atom. The Morgan fingerprint density at radius 1 is 0.919 bits per heavy atom. The third kappa shape index (κ3) is 8.48. The van der Waals surface area contributed by atoms with Crippen molar-refractivity contribution in [3.63, 3.8) is 0 Å². The van der Waals surface area contributed by atoms with Crippen LogP contribution in [0.3, 0.4) is 0 Å². The van der Waals surface area contributed by atoms with Gasteiger partial charge in [-0.3, -0.25) is 14.4 Å². The van der Waals surface area contributed by atoms with E-state index >= 15 is 0 Å². The molecular formula is C25H21Cl2FN4O5. The first-order valence-electron chi connectivity index (χ1n) is 10.8. The highest BCUT2D eigenvalue weighted by molar-refractivity contribution is 6.39. The number of amides is 3. The van der Waals surface area contributed by atoms with Crippen LogP contribution in [0.5, 0.6) is 11.5 Å². The maximum atomic E-state index is 12.9. The second-order valence-electron chi connectivity index (χ2n) is 7.26. The van der Waals surface area contributed by atoms with Gasteiger partial charge in [0.1, 0.15) is 5.82 Å². The van der Waals surface area contributed by atoms with Gasteiger partial charge in [0, 0.05) is 10.7 Å². The molecule has 0 saturated heterocycles. The molecule has 0 heterocycles. The highest BCUT2D eigenvalue weighted by atomic mass is 35.5. The van der Waals surface area contributed by atoms with E-state index in [-0.39, 0.29) is 12.3 Å². The van der Waals surface area contributed by atoms with E-state index in [4.69, 9.17) is 32.7 Å². The molecule has 0 fully saturated rings. The minimum Gasteiger partial charge on any atom is -0.490 e. The Morgan fingerprint density at radius 3 is 2.38 bits per heavy atom. The summed E-state index contributed by atoms with van der Waals surface area (Å²) in [6.07, 6.45) is 1.30. The van der Waals surface area contributed by atoms with E-state index in [9.17, 15) is 18.8 Å². The molecule has 3 rings (SSSR count). The Labute approximate surface area is 221 Å². The maximum Gasteiger partial charge on any atom is 0.329 e. The first-order chi connectivity index (χ1) is 17.7. The van der Waals surface area contributed by atoms with Gasteiger partial charge in [0.15, 0.2) is 18.1 Å². The average molecular weight is 547 g/mol. The van der Waals surface area contributed by atoms with Crippen LogP contribution >= 0.6 is 23.2 Å². The van der Waals surface area contributed by atoms with Gasteiger partial charge in [-0.25, -0.2) is 9.82 Å². The highest BCUT2D eigenvalue weighted by Crippen LogP contribution is 2.29. The van der Waals surface area contributed by atoms with Crippen molar-refractivity contribution in [3.8, 4) is 11.5 Å². The topological polar surface area (TPSA) is 118 Å². The Balaban J connectivity index is 1.56. The number of halogens is 3. The van der Waals surface area contributed by atoms with Crippen LogP contribution in [0.2, 0.25) is 10.0 Å². The molecule has 12 heteroatoms. The number of benzene rings is 3. The summed E-state index contributed by atoms with van der Waals surface area (Å²) in [4.78, 5) is 36.1. The van der Waals surface area contributed by atoms with Crippen LogP contribution in [-0.2, 0) is 14.4 Å². The maximum absolute atomic E-state index is 12.9. The minimum absolute atomic E-state index is 0.257. The van der Waals surface area contributed by atoms with Gasteiger partial charge < -0.3 is 20.1 Å². The van der Waals surface area contributed by atoms with Gasteiger partial charge in [-0.05, 0) is 73.2 Å². The molecule has 0 saturated carbocycles. The van der Waals surface area contributed by atoms with E-state index in [0.29, 0.717) is 39.4 Å². The molecule has 0 unspecified atom stereocenters. The van der Waals surface area contributed by atoms with Crippen LogP contribution in [0, 0.1) is 5.82 Å². The van der Waals surface area contributed by atoms with Crippen molar-refractivity contribution in [1.82, 2.24) is 5.43 Å². The highest BCUT2D eigenvalue weighted by Gasteiger charge is 2.14. The molecule has 37 heavy (non-hydrogen) atoms. The van der Waals surface area contributed by atoms with Gasteiger partial charge in [0.25, 0.3) is 5.91 Å². The second-order valence-corrected chi connectivity index (χ2v) is 8.10. The quantitative estimate of drug-likeness (QED) is 0.205. The van der Waals surface area contributed by atoms with Crippen LogP contribution in [0.4, 0.5) is 15.8 Å². The zero-order valence-corrected chi connectivity index (χ0v) is 20.9. The predicted octanol–water partition coefficient (Wildman–Crippen LogP) is 4.64. The number of carbonyl (C=O) groups excluding carboxylic acids is 3. The molecule has 3 N–H and O–H groups in total. The SMILES string of the molecule is CCOc1cc(/C=N\NC(=O)C(=O)Nc2ccc(F)cc2)ccc1OCC(=O)Nc1ccc(Cl)cc1Cl. The predicted molar refractivity (Wildman–Crippen MR) is 139 cm³/mol. The lowest BCUT2D eigenvalue weighted by molar-refractivity contribution is -0.136. The van der Waals surface area contributed by atoms with Crippen LogP contribution < -0.4 is 25.5 Å². The third-order valence-electron chi connectivity index (χ3n) is 4.52. The zero-order valence-electron chi connectivity index (χ0n) is 19.4. The van der Waals surface area contributed by atoms with Crippen molar-refractivity contribution in [3.05, 3.63) is 82.1 Å². The summed E-state index contributed by atoms with van der Waals surface area (Å²) in [5, 5.41) is 9.44. The first kappa shape index (κ1) is 27.4. The van der Waals surface area contributed by atoms with Crippen LogP contribution in [0.1, 0.15) is 12.5 Å². The number of rotatable bonds is 9. The number of carbonyl (C=O) groups is 3. The number of hydrazone groups is 1. The smallest absolute Gasteiger partial charge is 0.329 e. The summed E-state index contributed by atoms with van der Waals surface area (Å²) >= 11 is 11.9. The van der Waals surface area contributed by atoms with Crippen LogP contribution in [0.25, 0.3) is 0 Å². The Bertz CT molecular complexity index is 1320. The van der Waals surface area contributed by atoms with E-state index in [1.807, 2.05) is 0 Å². The third-order valence-corrected chi connectivity index (χ3v) is 5.07. The fraction of sp³-hybridized carbons (Fsp3) is 0.120. The van der Waals surface area contributed by atoms with Crippen molar-refractivity contribution >= 4 is 58.5 Å². The molecule has 3 aromatic carbocycles. The van der Waals surface area contributed by atoms with E-state index in [0.717, 1.165) is 12.1 Å². The number of hydrogen-bond donors (Lipinski definition) is 3. The van der Waals surface area contributed by atoms with Gasteiger partial charge in [0.2, 0.25) is 0 Å². The fourth-order valence-corrected chi connectivity index (χ4v) is 3.31. The van der Waals surface area contributed by atoms with Crippen molar-refractivity contribution in [2.75, 3.05) is 23.8 Å². The van der Waals surface area contributed by atoms with E-state index in [2.05, 4.69) is 21.2 Å². The van der Waals surface area contributed by atoms with Crippen molar-refractivity contribution in [2.24, 2.45) is 5.10 Å². The molecule has 0 aromatic heterocycles. The minimum atomic E-state index is -1.02. The summed E-state index contributed by atoms with van der Waals surface area (Å²) in [5.74, 6) is -2.26. The average Bonchev–Trinajstić information content (AvgIpc) is 2.86. The number of nitrogens with one attached hydrogen (secondary N) is 3. The normalized spacial score (nSPS) is 10.6. The lowest BCUT2D eigenvalue weighted by Gasteiger charge is -2.13. The van der Waals surface area contributed by atoms with Gasteiger partial charge in [-0.1, -0.05) is 23.2 Å². The fourth-order valence-electron chi connectivity index (χ4n) is 2.85.